The summed E-state index contributed by atoms with van der Waals surface area (Å²) in [4.78, 5) is 0. The molecule has 4 heteroatoms. The Bertz CT molecular complexity index is 341. The molecule has 1 rings (SSSR count). The van der Waals surface area contributed by atoms with Gasteiger partial charge in [0.25, 0.3) is 0 Å². The third kappa shape index (κ3) is 3.05. The fourth-order valence-electron chi connectivity index (χ4n) is 0.977. The lowest BCUT2D eigenvalue weighted by Crippen LogP contribution is -2.19. The van der Waals surface area contributed by atoms with Crippen LogP contribution in [0, 0.1) is 11.3 Å². The van der Waals surface area contributed by atoms with Gasteiger partial charge in [0, 0.05) is 18.6 Å². The number of benzene rings is 1. The zero-order chi connectivity index (χ0) is 9.84. The number of anilines is 1. The molecule has 0 saturated heterocycles. The highest BCUT2D eigenvalue weighted by atomic mass is 79.9. The van der Waals surface area contributed by atoms with Crippen molar-refractivity contribution in [3.63, 3.8) is 0 Å². The first-order valence-corrected chi connectivity index (χ1v) is 4.56. The van der Waals surface area contributed by atoms with Crippen molar-refractivity contribution in [2.75, 3.05) is 19.5 Å². The molecule has 0 aliphatic rings. The molecular weight excluding hydrogens is 230 g/mol. The summed E-state index contributed by atoms with van der Waals surface area (Å²) in [5.74, 6) is 0. The number of nitrogens with one attached hydrogen (secondary N) is 1. The number of hydrogen-bond donors (Lipinski definition) is 1. The van der Waals surface area contributed by atoms with Crippen LogP contribution < -0.4 is 5.43 Å². The zero-order valence-electron chi connectivity index (χ0n) is 7.50. The van der Waals surface area contributed by atoms with Crippen LogP contribution in [0.4, 0.5) is 5.69 Å². The average molecular weight is 240 g/mol. The molecule has 0 aliphatic heterocycles. The van der Waals surface area contributed by atoms with Crippen LogP contribution in [0.2, 0.25) is 0 Å². The molecule has 0 bridgehead atoms. The van der Waals surface area contributed by atoms with Crippen molar-refractivity contribution in [2.24, 2.45) is 0 Å². The Morgan fingerprint density at radius 3 is 2.62 bits per heavy atom. The molecule has 13 heavy (non-hydrogen) atoms. The van der Waals surface area contributed by atoms with Gasteiger partial charge in [0.05, 0.1) is 17.3 Å². The Morgan fingerprint density at radius 1 is 1.38 bits per heavy atom. The number of nitriles is 1. The molecule has 0 aliphatic carbocycles. The molecule has 0 fully saturated rings. The summed E-state index contributed by atoms with van der Waals surface area (Å²) in [5.41, 5.74) is 4.61. The van der Waals surface area contributed by atoms with E-state index in [1.165, 1.54) is 0 Å². The monoisotopic (exact) mass is 239 g/mol. The van der Waals surface area contributed by atoms with Gasteiger partial charge in [-0.3, -0.25) is 0 Å². The van der Waals surface area contributed by atoms with Crippen molar-refractivity contribution >= 4 is 21.6 Å². The Labute approximate surface area is 86.1 Å². The van der Waals surface area contributed by atoms with E-state index in [9.17, 15) is 0 Å². The van der Waals surface area contributed by atoms with E-state index in [0.717, 1.165) is 10.2 Å². The molecule has 0 radical (unpaired) electrons. The minimum absolute atomic E-state index is 0.638. The maximum Gasteiger partial charge on any atom is 0.0992 e. The van der Waals surface area contributed by atoms with Gasteiger partial charge < -0.3 is 5.43 Å². The van der Waals surface area contributed by atoms with Gasteiger partial charge in [-0.1, -0.05) is 15.9 Å². The summed E-state index contributed by atoms with van der Waals surface area (Å²) >= 11 is 3.33. The Hall–Kier alpha value is -1.05. The lowest BCUT2D eigenvalue weighted by atomic mass is 10.2. The summed E-state index contributed by atoms with van der Waals surface area (Å²) < 4.78 is 0.899. The number of hydrazine groups is 1. The van der Waals surface area contributed by atoms with Crippen molar-refractivity contribution in [1.29, 1.82) is 5.26 Å². The van der Waals surface area contributed by atoms with Gasteiger partial charge in [-0.15, -0.1) is 0 Å². The van der Waals surface area contributed by atoms with Crippen LogP contribution in [0.25, 0.3) is 0 Å². The van der Waals surface area contributed by atoms with Crippen LogP contribution >= 0.6 is 15.9 Å². The molecule has 1 aromatic rings. The molecule has 1 aromatic carbocycles. The van der Waals surface area contributed by atoms with Gasteiger partial charge >= 0.3 is 0 Å². The van der Waals surface area contributed by atoms with Crippen LogP contribution in [-0.2, 0) is 0 Å². The quantitative estimate of drug-likeness (QED) is 0.805. The summed E-state index contributed by atoms with van der Waals surface area (Å²) in [7, 11) is 3.79. The topological polar surface area (TPSA) is 39.1 Å². The lowest BCUT2D eigenvalue weighted by molar-refractivity contribution is 0.495. The van der Waals surface area contributed by atoms with Crippen LogP contribution in [0.3, 0.4) is 0 Å². The van der Waals surface area contributed by atoms with Crippen molar-refractivity contribution in [1.82, 2.24) is 5.01 Å². The van der Waals surface area contributed by atoms with Gasteiger partial charge in [0.2, 0.25) is 0 Å². The predicted octanol–water partition coefficient (Wildman–Crippen LogP) is 2.21. The van der Waals surface area contributed by atoms with Crippen LogP contribution in [0.15, 0.2) is 22.7 Å². The molecule has 1 N–H and O–H groups in total. The molecule has 0 spiro atoms. The van der Waals surface area contributed by atoms with Crippen molar-refractivity contribution in [3.05, 3.63) is 28.2 Å². The standard InChI is InChI=1S/C9H10BrN3/c1-13(2)12-9-4-7(6-11)3-8(10)5-9/h3-5,12H,1-2H3. The summed E-state index contributed by atoms with van der Waals surface area (Å²) in [6.07, 6.45) is 0. The number of nitrogens with zero attached hydrogens (tertiary/aromatic N) is 2. The minimum Gasteiger partial charge on any atom is -0.319 e. The van der Waals surface area contributed by atoms with E-state index in [4.69, 9.17) is 5.26 Å². The van der Waals surface area contributed by atoms with E-state index in [1.54, 1.807) is 12.1 Å². The average Bonchev–Trinajstić information content (AvgIpc) is 2.01. The highest BCUT2D eigenvalue weighted by molar-refractivity contribution is 9.10. The highest BCUT2D eigenvalue weighted by Gasteiger charge is 1.98. The third-order valence-electron chi connectivity index (χ3n) is 1.38. The van der Waals surface area contributed by atoms with Crippen LogP contribution in [0.5, 0.6) is 0 Å². The van der Waals surface area contributed by atoms with Crippen molar-refractivity contribution in [2.45, 2.75) is 0 Å². The van der Waals surface area contributed by atoms with Gasteiger partial charge in [-0.05, 0) is 18.2 Å². The Morgan fingerprint density at radius 2 is 2.08 bits per heavy atom. The maximum atomic E-state index is 8.71. The largest absolute Gasteiger partial charge is 0.319 e. The first-order chi connectivity index (χ1) is 6.11. The molecule has 0 heterocycles. The second-order valence-corrected chi connectivity index (χ2v) is 3.76. The molecule has 0 unspecified atom stereocenters. The van der Waals surface area contributed by atoms with E-state index >= 15 is 0 Å². The minimum atomic E-state index is 0.638. The SMILES string of the molecule is CN(C)Nc1cc(Br)cc(C#N)c1. The summed E-state index contributed by atoms with van der Waals surface area (Å²) in [6, 6.07) is 7.59. The van der Waals surface area contributed by atoms with E-state index in [0.29, 0.717) is 5.56 Å². The van der Waals surface area contributed by atoms with Crippen LogP contribution in [-0.4, -0.2) is 19.1 Å². The van der Waals surface area contributed by atoms with Gasteiger partial charge in [0.15, 0.2) is 0 Å². The Balaban J connectivity index is 2.96. The molecule has 68 valence electrons. The molecule has 0 aromatic heterocycles. The zero-order valence-corrected chi connectivity index (χ0v) is 9.09. The van der Waals surface area contributed by atoms with Gasteiger partial charge in [0.1, 0.15) is 0 Å². The number of halogens is 1. The smallest absolute Gasteiger partial charge is 0.0992 e. The fourth-order valence-corrected chi connectivity index (χ4v) is 1.47. The second kappa shape index (κ2) is 4.26. The molecular formula is C9H10BrN3. The first kappa shape index (κ1) is 10.0. The van der Waals surface area contributed by atoms with E-state index in [2.05, 4.69) is 27.4 Å². The summed E-state index contributed by atoms with van der Waals surface area (Å²) in [6.45, 7) is 0. The van der Waals surface area contributed by atoms with Crippen molar-refractivity contribution < 1.29 is 0 Å². The predicted molar refractivity (Wildman–Crippen MR) is 56.2 cm³/mol. The number of rotatable bonds is 2. The van der Waals surface area contributed by atoms with Gasteiger partial charge in [-0.2, -0.15) is 5.26 Å². The Kier molecular flexibility index (Phi) is 3.29. The fraction of sp³-hybridized carbons (Fsp3) is 0.222. The van der Waals surface area contributed by atoms with E-state index in [1.807, 2.05) is 25.2 Å². The molecule has 0 saturated carbocycles. The van der Waals surface area contributed by atoms with Crippen LogP contribution in [0.1, 0.15) is 5.56 Å². The highest BCUT2D eigenvalue weighted by Crippen LogP contribution is 2.19. The normalized spacial score (nSPS) is 9.77. The number of hydrogen-bond acceptors (Lipinski definition) is 3. The third-order valence-corrected chi connectivity index (χ3v) is 1.84. The molecule has 3 nitrogen and oxygen atoms in total. The summed E-state index contributed by atoms with van der Waals surface area (Å²) in [5, 5.41) is 10.5. The maximum absolute atomic E-state index is 8.71. The van der Waals surface area contributed by atoms with Crippen molar-refractivity contribution in [3.8, 4) is 6.07 Å². The van der Waals surface area contributed by atoms with E-state index in [-0.39, 0.29) is 0 Å². The van der Waals surface area contributed by atoms with E-state index < -0.39 is 0 Å². The van der Waals surface area contributed by atoms with Gasteiger partial charge in [-0.25, -0.2) is 5.01 Å². The first-order valence-electron chi connectivity index (χ1n) is 3.76. The molecule has 0 amide bonds. The molecule has 0 atom stereocenters. The lowest BCUT2D eigenvalue weighted by Gasteiger charge is -2.13. The second-order valence-electron chi connectivity index (χ2n) is 2.85.